The number of pyridine rings is 1. The Morgan fingerprint density at radius 1 is 1.47 bits per heavy atom. The van der Waals surface area contributed by atoms with Gasteiger partial charge in [0.1, 0.15) is 9.90 Å². The topological polar surface area (TPSA) is 98.0 Å². The van der Waals surface area contributed by atoms with Gasteiger partial charge in [-0.3, -0.25) is 4.98 Å². The number of hydrogen-bond donors (Lipinski definition) is 2. The highest BCUT2D eigenvalue weighted by molar-refractivity contribution is 7.91. The Labute approximate surface area is 115 Å². The molecule has 2 heterocycles. The Morgan fingerprint density at radius 2 is 2.21 bits per heavy atom. The summed E-state index contributed by atoms with van der Waals surface area (Å²) in [5.74, 6) is 0.0430. The number of aromatic nitrogens is 2. The fraction of sp³-hybridized carbons (Fsp3) is 0.273. The van der Waals surface area contributed by atoms with Crippen LogP contribution >= 0.6 is 11.5 Å². The van der Waals surface area contributed by atoms with Gasteiger partial charge >= 0.3 is 0 Å². The number of hydrogen-bond acceptors (Lipinski definition) is 7. The molecule has 0 saturated carbocycles. The average molecular weight is 298 g/mol. The smallest absolute Gasteiger partial charge is 0.182 e. The summed E-state index contributed by atoms with van der Waals surface area (Å²) in [6, 6.07) is 1.88. The molecule has 102 valence electrons. The molecule has 0 fully saturated rings. The van der Waals surface area contributed by atoms with Crippen LogP contribution in [0.1, 0.15) is 11.1 Å². The van der Waals surface area contributed by atoms with Gasteiger partial charge in [0.05, 0.1) is 0 Å². The molecular weight excluding hydrogens is 284 g/mol. The molecule has 0 atom stereocenters. The summed E-state index contributed by atoms with van der Waals surface area (Å²) in [5.41, 5.74) is 7.68. The van der Waals surface area contributed by atoms with Crippen LogP contribution in [0.5, 0.6) is 0 Å². The number of nitrogen functional groups attached to an aromatic ring is 1. The Balaban J connectivity index is 2.24. The number of anilines is 2. The van der Waals surface area contributed by atoms with Crippen LogP contribution in [0.2, 0.25) is 0 Å². The number of rotatable bonds is 4. The molecule has 0 aliphatic rings. The molecule has 3 N–H and O–H groups in total. The van der Waals surface area contributed by atoms with Crippen LogP contribution in [0.25, 0.3) is 0 Å². The van der Waals surface area contributed by atoms with Crippen LogP contribution in [0.4, 0.5) is 10.8 Å². The van der Waals surface area contributed by atoms with E-state index in [-0.39, 0.29) is 10.7 Å². The van der Waals surface area contributed by atoms with E-state index in [1.165, 1.54) is 0 Å². The molecule has 8 heteroatoms. The molecular formula is C11H14N4O2S2. The Morgan fingerprint density at radius 3 is 2.84 bits per heavy atom. The highest BCUT2D eigenvalue weighted by atomic mass is 32.2. The van der Waals surface area contributed by atoms with Crippen molar-refractivity contribution in [2.45, 2.75) is 18.4 Å². The molecule has 0 saturated heterocycles. The molecule has 0 bridgehead atoms. The quantitative estimate of drug-likeness (QED) is 0.886. The Hall–Kier alpha value is -1.67. The summed E-state index contributed by atoms with van der Waals surface area (Å²) < 4.78 is 27.2. The molecule has 0 radical (unpaired) electrons. The lowest BCUT2D eigenvalue weighted by atomic mass is 10.1. The van der Waals surface area contributed by atoms with Crippen molar-refractivity contribution in [3.05, 3.63) is 29.6 Å². The zero-order valence-electron chi connectivity index (χ0n) is 10.5. The van der Waals surface area contributed by atoms with Gasteiger partial charge in [0.2, 0.25) is 0 Å². The number of nitrogens with two attached hydrogens (primary N) is 1. The first kappa shape index (κ1) is 13.8. The second-order valence-electron chi connectivity index (χ2n) is 4.15. The maximum Gasteiger partial charge on any atom is 0.182 e. The van der Waals surface area contributed by atoms with Crippen LogP contribution in [-0.4, -0.2) is 24.0 Å². The molecule has 0 aliphatic carbocycles. The molecule has 2 aromatic rings. The van der Waals surface area contributed by atoms with Gasteiger partial charge in [-0.2, -0.15) is 4.37 Å². The normalized spacial score (nSPS) is 11.5. The lowest BCUT2D eigenvalue weighted by Crippen LogP contribution is -2.06. The van der Waals surface area contributed by atoms with E-state index in [1.807, 2.05) is 13.0 Å². The Bertz CT molecular complexity index is 694. The summed E-state index contributed by atoms with van der Waals surface area (Å²) in [6.07, 6.45) is 4.58. The second-order valence-corrected chi connectivity index (χ2v) is 6.88. The molecule has 0 unspecified atom stereocenters. The van der Waals surface area contributed by atoms with E-state index in [2.05, 4.69) is 14.7 Å². The van der Waals surface area contributed by atoms with E-state index in [9.17, 15) is 8.42 Å². The van der Waals surface area contributed by atoms with Gasteiger partial charge in [0, 0.05) is 25.2 Å². The third-order valence-corrected chi connectivity index (χ3v) is 4.72. The van der Waals surface area contributed by atoms with Gasteiger partial charge in [-0.1, -0.05) is 0 Å². The first-order valence-corrected chi connectivity index (χ1v) is 8.14. The second kappa shape index (κ2) is 5.14. The van der Waals surface area contributed by atoms with Crippen molar-refractivity contribution < 1.29 is 8.42 Å². The van der Waals surface area contributed by atoms with Gasteiger partial charge in [-0.25, -0.2) is 8.42 Å². The van der Waals surface area contributed by atoms with E-state index in [0.717, 1.165) is 28.9 Å². The predicted octanol–water partition coefficient (Wildman–Crippen LogP) is 1.44. The average Bonchev–Trinajstić information content (AvgIpc) is 2.69. The van der Waals surface area contributed by atoms with E-state index in [0.29, 0.717) is 11.5 Å². The van der Waals surface area contributed by atoms with E-state index >= 15 is 0 Å². The Kier molecular flexibility index (Phi) is 3.72. The fourth-order valence-corrected chi connectivity index (χ4v) is 3.70. The monoisotopic (exact) mass is 298 g/mol. The van der Waals surface area contributed by atoms with E-state index in [1.54, 1.807) is 12.4 Å². The summed E-state index contributed by atoms with van der Waals surface area (Å²) in [6.45, 7) is 2.45. The molecule has 2 aromatic heterocycles. The van der Waals surface area contributed by atoms with E-state index in [4.69, 9.17) is 5.73 Å². The van der Waals surface area contributed by atoms with Crippen molar-refractivity contribution in [2.75, 3.05) is 17.3 Å². The third-order valence-electron chi connectivity index (χ3n) is 2.62. The molecule has 0 amide bonds. The predicted molar refractivity (Wildman–Crippen MR) is 75.9 cm³/mol. The van der Waals surface area contributed by atoms with Crippen LogP contribution < -0.4 is 11.1 Å². The highest BCUT2D eigenvalue weighted by Gasteiger charge is 2.21. The van der Waals surface area contributed by atoms with Crippen molar-refractivity contribution in [3.8, 4) is 0 Å². The van der Waals surface area contributed by atoms with Crippen molar-refractivity contribution >= 4 is 32.2 Å². The van der Waals surface area contributed by atoms with Crippen molar-refractivity contribution in [3.63, 3.8) is 0 Å². The minimum Gasteiger partial charge on any atom is -0.382 e. The van der Waals surface area contributed by atoms with Crippen LogP contribution in [-0.2, 0) is 16.4 Å². The van der Waals surface area contributed by atoms with Gasteiger partial charge in [0.25, 0.3) is 0 Å². The maximum absolute atomic E-state index is 11.7. The van der Waals surface area contributed by atoms with Crippen LogP contribution in [0, 0.1) is 6.92 Å². The van der Waals surface area contributed by atoms with Gasteiger partial charge in [-0.05, 0) is 35.6 Å². The summed E-state index contributed by atoms with van der Waals surface area (Å²) in [5, 5.41) is 3.54. The highest BCUT2D eigenvalue weighted by Crippen LogP contribution is 2.31. The first-order valence-electron chi connectivity index (χ1n) is 5.48. The molecule has 0 spiro atoms. The van der Waals surface area contributed by atoms with Crippen LogP contribution in [0.3, 0.4) is 0 Å². The van der Waals surface area contributed by atoms with Crippen molar-refractivity contribution in [1.82, 2.24) is 9.36 Å². The maximum atomic E-state index is 11.7. The number of nitrogens with one attached hydrogen (secondary N) is 1. The zero-order chi connectivity index (χ0) is 14.0. The molecule has 19 heavy (non-hydrogen) atoms. The molecule has 2 rings (SSSR count). The SMILES string of the molecule is Cc1cnccc1CNc1snc(N)c1S(C)(=O)=O. The lowest BCUT2D eigenvalue weighted by Gasteiger charge is -2.08. The summed E-state index contributed by atoms with van der Waals surface area (Å²) >= 11 is 1.05. The van der Waals surface area contributed by atoms with Crippen molar-refractivity contribution in [1.29, 1.82) is 0 Å². The lowest BCUT2D eigenvalue weighted by molar-refractivity contribution is 0.602. The number of sulfone groups is 1. The molecule has 0 aromatic carbocycles. The van der Waals surface area contributed by atoms with Gasteiger partial charge < -0.3 is 11.1 Å². The minimum atomic E-state index is -3.39. The molecule has 0 aliphatic heterocycles. The fourth-order valence-electron chi connectivity index (χ4n) is 1.64. The first-order chi connectivity index (χ1) is 8.89. The van der Waals surface area contributed by atoms with Gasteiger partial charge in [0.15, 0.2) is 15.7 Å². The standard InChI is InChI=1S/C11H14N4O2S2/c1-7-5-13-4-3-8(7)6-14-11-9(19(2,16)17)10(12)15-18-11/h3-5,14H,6H2,1-2H3,(H2,12,15). The molecule has 6 nitrogen and oxygen atoms in total. The number of nitrogens with zero attached hydrogens (tertiary/aromatic N) is 2. The number of aryl methyl sites for hydroxylation is 1. The van der Waals surface area contributed by atoms with E-state index < -0.39 is 9.84 Å². The van der Waals surface area contributed by atoms with Crippen molar-refractivity contribution in [2.24, 2.45) is 0 Å². The summed E-state index contributed by atoms with van der Waals surface area (Å²) in [4.78, 5) is 4.08. The summed E-state index contributed by atoms with van der Waals surface area (Å²) in [7, 11) is -3.39. The van der Waals surface area contributed by atoms with Crippen LogP contribution in [0.15, 0.2) is 23.4 Å². The third kappa shape index (κ3) is 3.02. The largest absolute Gasteiger partial charge is 0.382 e. The zero-order valence-corrected chi connectivity index (χ0v) is 12.2. The minimum absolute atomic E-state index is 0.0430. The van der Waals surface area contributed by atoms with Gasteiger partial charge in [-0.15, -0.1) is 0 Å².